The number of hydrogen-bond donors (Lipinski definition) is 1. The number of nitrogens with one attached hydrogen (secondary N) is 1. The van der Waals surface area contributed by atoms with E-state index in [4.69, 9.17) is 13.9 Å². The lowest BCUT2D eigenvalue weighted by Crippen LogP contribution is -2.35. The van der Waals surface area contributed by atoms with Crippen molar-refractivity contribution in [2.75, 3.05) is 33.0 Å². The molecule has 0 bridgehead atoms. The van der Waals surface area contributed by atoms with Crippen LogP contribution in [0.25, 0.3) is 10.9 Å². The maximum atomic E-state index is 12.6. The lowest BCUT2D eigenvalue weighted by molar-refractivity contribution is 0.0729. The molecule has 29 heavy (non-hydrogen) atoms. The van der Waals surface area contributed by atoms with Gasteiger partial charge in [-0.25, -0.2) is 0 Å². The standard InChI is InChI=1S/C21H21N3O5/c25-20-15(9-14-10-18-19(29-13-28-18)11-16(14)22-20)12-23-4-2-5-24(7-6-23)21(26)17-3-1-8-27-17/h1,3,8-11H,2,4-7,12-13H2,(H,22,25). The third kappa shape index (κ3) is 3.47. The maximum Gasteiger partial charge on any atom is 0.289 e. The normalized spacial score (nSPS) is 16.9. The minimum Gasteiger partial charge on any atom is -0.459 e. The van der Waals surface area contributed by atoms with Crippen LogP contribution in [0.1, 0.15) is 22.5 Å². The molecule has 3 aromatic rings. The number of benzene rings is 1. The number of fused-ring (bicyclic) bond motifs is 2. The van der Waals surface area contributed by atoms with Gasteiger partial charge in [0.25, 0.3) is 11.5 Å². The van der Waals surface area contributed by atoms with E-state index in [1.807, 2.05) is 17.0 Å². The van der Waals surface area contributed by atoms with Crippen molar-refractivity contribution in [3.8, 4) is 11.5 Å². The van der Waals surface area contributed by atoms with Crippen LogP contribution in [0.15, 0.2) is 45.8 Å². The molecule has 0 saturated carbocycles. The zero-order valence-electron chi connectivity index (χ0n) is 15.8. The van der Waals surface area contributed by atoms with Crippen molar-refractivity contribution in [1.82, 2.24) is 14.8 Å². The lowest BCUT2D eigenvalue weighted by atomic mass is 10.1. The lowest BCUT2D eigenvalue weighted by Gasteiger charge is -2.21. The number of carbonyl (C=O) groups is 1. The van der Waals surface area contributed by atoms with E-state index in [1.165, 1.54) is 6.26 Å². The van der Waals surface area contributed by atoms with Crippen molar-refractivity contribution < 1.29 is 18.7 Å². The number of furan rings is 1. The van der Waals surface area contributed by atoms with E-state index >= 15 is 0 Å². The average Bonchev–Trinajstić information content (AvgIpc) is 3.35. The van der Waals surface area contributed by atoms with Crippen LogP contribution in [0.5, 0.6) is 11.5 Å². The number of aromatic nitrogens is 1. The third-order valence-electron chi connectivity index (χ3n) is 5.42. The van der Waals surface area contributed by atoms with Gasteiger partial charge in [0.15, 0.2) is 17.3 Å². The Morgan fingerprint density at radius 3 is 2.76 bits per heavy atom. The second-order valence-corrected chi connectivity index (χ2v) is 7.32. The fraction of sp³-hybridized carbons (Fsp3) is 0.333. The van der Waals surface area contributed by atoms with Gasteiger partial charge >= 0.3 is 0 Å². The van der Waals surface area contributed by atoms with E-state index in [-0.39, 0.29) is 18.3 Å². The Hall–Kier alpha value is -3.26. The molecule has 1 aromatic carbocycles. The quantitative estimate of drug-likeness (QED) is 0.732. The summed E-state index contributed by atoms with van der Waals surface area (Å²) in [5.41, 5.74) is 1.32. The summed E-state index contributed by atoms with van der Waals surface area (Å²) in [4.78, 5) is 32.1. The zero-order chi connectivity index (χ0) is 19.8. The topological polar surface area (TPSA) is 88.0 Å². The molecule has 2 aromatic heterocycles. The van der Waals surface area contributed by atoms with E-state index in [1.54, 1.807) is 18.2 Å². The fourth-order valence-electron chi connectivity index (χ4n) is 3.89. The van der Waals surface area contributed by atoms with Crippen molar-refractivity contribution in [1.29, 1.82) is 0 Å². The molecule has 2 aliphatic rings. The minimum absolute atomic E-state index is 0.0866. The summed E-state index contributed by atoms with van der Waals surface area (Å²) < 4.78 is 16.0. The number of rotatable bonds is 3. The highest BCUT2D eigenvalue weighted by atomic mass is 16.7. The van der Waals surface area contributed by atoms with Gasteiger partial charge in [-0.2, -0.15) is 0 Å². The highest BCUT2D eigenvalue weighted by molar-refractivity contribution is 5.91. The van der Waals surface area contributed by atoms with E-state index in [0.717, 1.165) is 23.9 Å². The van der Waals surface area contributed by atoms with Crippen LogP contribution in [0.4, 0.5) is 0 Å². The van der Waals surface area contributed by atoms with Crippen LogP contribution in [0, 0.1) is 0 Å². The summed E-state index contributed by atoms with van der Waals surface area (Å²) in [5.74, 6) is 1.62. The highest BCUT2D eigenvalue weighted by Crippen LogP contribution is 2.35. The molecular formula is C21H21N3O5. The van der Waals surface area contributed by atoms with Crippen molar-refractivity contribution in [2.24, 2.45) is 0 Å². The van der Waals surface area contributed by atoms with Gasteiger partial charge in [0.2, 0.25) is 6.79 Å². The van der Waals surface area contributed by atoms with Crippen LogP contribution in [-0.2, 0) is 6.54 Å². The average molecular weight is 395 g/mol. The number of ether oxygens (including phenoxy) is 2. The molecule has 8 nitrogen and oxygen atoms in total. The highest BCUT2D eigenvalue weighted by Gasteiger charge is 2.23. The molecule has 1 saturated heterocycles. The van der Waals surface area contributed by atoms with Crippen LogP contribution in [0.3, 0.4) is 0 Å². The predicted molar refractivity (Wildman–Crippen MR) is 105 cm³/mol. The van der Waals surface area contributed by atoms with Gasteiger partial charge in [0.05, 0.1) is 11.8 Å². The van der Waals surface area contributed by atoms with Crippen LogP contribution < -0.4 is 15.0 Å². The molecule has 0 spiro atoms. The van der Waals surface area contributed by atoms with Crippen molar-refractivity contribution >= 4 is 16.8 Å². The van der Waals surface area contributed by atoms with Gasteiger partial charge in [-0.05, 0) is 30.7 Å². The van der Waals surface area contributed by atoms with Crippen LogP contribution >= 0.6 is 0 Å². The molecule has 150 valence electrons. The number of carbonyl (C=O) groups excluding carboxylic acids is 1. The summed E-state index contributed by atoms with van der Waals surface area (Å²) in [7, 11) is 0. The van der Waals surface area contributed by atoms with Gasteiger partial charge in [-0.1, -0.05) is 0 Å². The number of H-pyrrole nitrogens is 1. The Balaban J connectivity index is 1.32. The molecule has 8 heteroatoms. The summed E-state index contributed by atoms with van der Waals surface area (Å²) in [6.45, 7) is 3.52. The fourth-order valence-corrected chi connectivity index (χ4v) is 3.89. The summed E-state index contributed by atoms with van der Waals surface area (Å²) in [6, 6.07) is 9.00. The van der Waals surface area contributed by atoms with Gasteiger partial charge in [0.1, 0.15) is 0 Å². The molecule has 0 atom stereocenters. The molecule has 5 rings (SSSR count). The minimum atomic E-state index is -0.107. The van der Waals surface area contributed by atoms with Gasteiger partial charge in [-0.3, -0.25) is 14.5 Å². The van der Waals surface area contributed by atoms with E-state index in [0.29, 0.717) is 49.0 Å². The zero-order valence-corrected chi connectivity index (χ0v) is 15.8. The molecule has 0 radical (unpaired) electrons. The first-order valence-electron chi connectivity index (χ1n) is 9.68. The molecule has 1 amide bonds. The second kappa shape index (κ2) is 7.29. The van der Waals surface area contributed by atoms with Gasteiger partial charge in [0, 0.05) is 49.7 Å². The Morgan fingerprint density at radius 2 is 1.93 bits per heavy atom. The van der Waals surface area contributed by atoms with E-state index in [9.17, 15) is 9.59 Å². The first-order chi connectivity index (χ1) is 14.2. The molecule has 0 unspecified atom stereocenters. The Morgan fingerprint density at radius 1 is 1.07 bits per heavy atom. The van der Waals surface area contributed by atoms with Gasteiger partial charge < -0.3 is 23.8 Å². The van der Waals surface area contributed by atoms with E-state index < -0.39 is 0 Å². The Kier molecular flexibility index (Phi) is 4.48. The van der Waals surface area contributed by atoms with Gasteiger partial charge in [-0.15, -0.1) is 0 Å². The van der Waals surface area contributed by atoms with Crippen LogP contribution in [0.2, 0.25) is 0 Å². The molecule has 0 aliphatic carbocycles. The maximum absolute atomic E-state index is 12.6. The Labute approximate surface area is 166 Å². The SMILES string of the molecule is O=C(c1ccco1)N1CCCN(Cc2cc3cc4c(cc3[nH]c2=O)OCO4)CC1. The number of nitrogens with zero attached hydrogens (tertiary/aromatic N) is 2. The largest absolute Gasteiger partial charge is 0.459 e. The number of pyridine rings is 1. The van der Waals surface area contributed by atoms with Crippen molar-refractivity contribution in [3.63, 3.8) is 0 Å². The second-order valence-electron chi connectivity index (χ2n) is 7.32. The van der Waals surface area contributed by atoms with E-state index in [2.05, 4.69) is 9.88 Å². The first-order valence-corrected chi connectivity index (χ1v) is 9.68. The molecular weight excluding hydrogens is 374 g/mol. The number of amides is 1. The van der Waals surface area contributed by atoms with Crippen LogP contribution in [-0.4, -0.2) is 53.7 Å². The number of hydrogen-bond acceptors (Lipinski definition) is 6. The molecule has 1 N–H and O–H groups in total. The predicted octanol–water partition coefficient (Wildman–Crippen LogP) is 2.20. The molecule has 1 fully saturated rings. The van der Waals surface area contributed by atoms with Crippen molar-refractivity contribution in [2.45, 2.75) is 13.0 Å². The summed E-state index contributed by atoms with van der Waals surface area (Å²) in [6.07, 6.45) is 2.35. The first kappa shape index (κ1) is 17.8. The summed E-state index contributed by atoms with van der Waals surface area (Å²) in [5, 5.41) is 0.910. The molecule has 2 aliphatic heterocycles. The summed E-state index contributed by atoms with van der Waals surface area (Å²) >= 11 is 0. The molecule has 4 heterocycles. The number of aromatic amines is 1. The smallest absolute Gasteiger partial charge is 0.289 e. The monoisotopic (exact) mass is 395 g/mol. The Bertz CT molecular complexity index is 1110. The van der Waals surface area contributed by atoms with Crippen molar-refractivity contribution in [3.05, 3.63) is 58.3 Å². The third-order valence-corrected chi connectivity index (χ3v) is 5.42.